The molecule has 0 saturated heterocycles. The topological polar surface area (TPSA) is 91.1 Å². The molecule has 0 bridgehead atoms. The summed E-state index contributed by atoms with van der Waals surface area (Å²) < 4.78 is 6.03. The smallest absolute Gasteiger partial charge is 0.240 e. The highest BCUT2D eigenvalue weighted by Crippen LogP contribution is 2.33. The predicted molar refractivity (Wildman–Crippen MR) is 125 cm³/mol. The predicted octanol–water partition coefficient (Wildman–Crippen LogP) is 5.03. The fraction of sp³-hybridized carbons (Fsp3) is 0.273. The molecule has 0 saturated carbocycles. The Kier molecular flexibility index (Phi) is 7.87. The van der Waals surface area contributed by atoms with E-state index >= 15 is 0 Å². The summed E-state index contributed by atoms with van der Waals surface area (Å²) in [5, 5.41) is 20.8. The lowest BCUT2D eigenvalue weighted by molar-refractivity contribution is -0.117. The van der Waals surface area contributed by atoms with Crippen molar-refractivity contribution in [2.75, 3.05) is 23.9 Å². The lowest BCUT2D eigenvalue weighted by atomic mass is 10.2. The van der Waals surface area contributed by atoms with Gasteiger partial charge >= 0.3 is 0 Å². The number of amides is 1. The number of aromatic nitrogens is 2. The molecule has 1 atom stereocenters. The van der Waals surface area contributed by atoms with Gasteiger partial charge in [0.2, 0.25) is 11.0 Å². The van der Waals surface area contributed by atoms with E-state index in [0.717, 1.165) is 16.9 Å². The Balaban J connectivity index is 1.69. The number of hydrogen-bond acceptors (Lipinski definition) is 8. The number of carbonyl (C=O) groups is 1. The summed E-state index contributed by atoms with van der Waals surface area (Å²) in [6.07, 6.45) is 0.267. The van der Waals surface area contributed by atoms with E-state index in [9.17, 15) is 4.79 Å². The fourth-order valence-electron chi connectivity index (χ4n) is 2.85. The number of hydrogen-bond donors (Lipinski definition) is 1. The third-order valence-electron chi connectivity index (χ3n) is 4.44. The van der Waals surface area contributed by atoms with E-state index in [1.807, 2.05) is 62.4 Å². The van der Waals surface area contributed by atoms with Crippen LogP contribution in [0.25, 0.3) is 0 Å². The van der Waals surface area contributed by atoms with Crippen LogP contribution in [0.15, 0.2) is 52.9 Å². The Morgan fingerprint density at radius 3 is 2.71 bits per heavy atom. The van der Waals surface area contributed by atoms with Crippen molar-refractivity contribution in [2.45, 2.75) is 29.9 Å². The van der Waals surface area contributed by atoms with Crippen molar-refractivity contribution in [3.8, 4) is 11.8 Å². The largest absolute Gasteiger partial charge is 0.495 e. The Morgan fingerprint density at radius 2 is 2.00 bits per heavy atom. The summed E-state index contributed by atoms with van der Waals surface area (Å²) in [7, 11) is 1.61. The second-order valence-electron chi connectivity index (χ2n) is 6.69. The number of nitrogens with zero attached hydrogens (tertiary/aromatic N) is 4. The molecule has 160 valence electrons. The molecule has 0 radical (unpaired) electrons. The number of nitriles is 1. The minimum atomic E-state index is -0.382. The van der Waals surface area contributed by atoms with Crippen molar-refractivity contribution in [1.29, 1.82) is 5.26 Å². The van der Waals surface area contributed by atoms with Gasteiger partial charge in [0.15, 0.2) is 4.34 Å². The highest BCUT2D eigenvalue weighted by atomic mass is 32.2. The first-order valence-electron chi connectivity index (χ1n) is 9.67. The molecule has 7 nitrogen and oxygen atoms in total. The zero-order valence-corrected chi connectivity index (χ0v) is 19.2. The molecule has 0 spiro atoms. The molecule has 1 amide bonds. The van der Waals surface area contributed by atoms with Crippen LogP contribution in [-0.2, 0) is 4.79 Å². The number of benzene rings is 2. The van der Waals surface area contributed by atoms with Gasteiger partial charge in [-0.15, -0.1) is 10.2 Å². The normalized spacial score (nSPS) is 11.4. The summed E-state index contributed by atoms with van der Waals surface area (Å²) in [5.41, 5.74) is 2.70. The zero-order chi connectivity index (χ0) is 22.2. The summed E-state index contributed by atoms with van der Waals surface area (Å²) in [6, 6.07) is 17.4. The molecule has 9 heteroatoms. The Morgan fingerprint density at radius 1 is 1.26 bits per heavy atom. The molecule has 1 unspecified atom stereocenters. The summed E-state index contributed by atoms with van der Waals surface area (Å²) in [5.74, 6) is 0.639. The number of anilines is 3. The van der Waals surface area contributed by atoms with Gasteiger partial charge in [0.1, 0.15) is 5.75 Å². The van der Waals surface area contributed by atoms with Crippen molar-refractivity contribution in [1.82, 2.24) is 10.2 Å². The average molecular weight is 454 g/mol. The van der Waals surface area contributed by atoms with E-state index in [4.69, 9.17) is 10.00 Å². The van der Waals surface area contributed by atoms with Gasteiger partial charge in [-0.05, 0) is 38.1 Å². The molecule has 2 aromatic carbocycles. The molecule has 3 rings (SSSR count). The lowest BCUT2D eigenvalue weighted by Crippen LogP contribution is -2.37. The van der Waals surface area contributed by atoms with Gasteiger partial charge in [-0.2, -0.15) is 5.26 Å². The van der Waals surface area contributed by atoms with Crippen molar-refractivity contribution in [2.24, 2.45) is 0 Å². The third-order valence-corrected chi connectivity index (χ3v) is 6.45. The van der Waals surface area contributed by atoms with E-state index in [1.165, 1.54) is 23.1 Å². The fourth-order valence-corrected chi connectivity index (χ4v) is 4.82. The van der Waals surface area contributed by atoms with Crippen LogP contribution in [0.2, 0.25) is 0 Å². The molecule has 1 N–H and O–H groups in total. The number of nitrogens with one attached hydrogen (secondary N) is 1. The third kappa shape index (κ3) is 5.96. The van der Waals surface area contributed by atoms with Crippen LogP contribution in [0.5, 0.6) is 5.75 Å². The molecule has 3 aromatic rings. The zero-order valence-electron chi connectivity index (χ0n) is 17.5. The van der Waals surface area contributed by atoms with Gasteiger partial charge in [0, 0.05) is 12.2 Å². The Labute approximate surface area is 190 Å². The first-order valence-corrected chi connectivity index (χ1v) is 11.4. The van der Waals surface area contributed by atoms with Crippen molar-refractivity contribution >= 4 is 45.5 Å². The summed E-state index contributed by atoms with van der Waals surface area (Å²) in [4.78, 5) is 14.8. The molecule has 0 aliphatic carbocycles. The van der Waals surface area contributed by atoms with Crippen LogP contribution >= 0.6 is 23.1 Å². The van der Waals surface area contributed by atoms with E-state index in [2.05, 4.69) is 21.6 Å². The first kappa shape index (κ1) is 22.6. The molecular weight excluding hydrogens is 430 g/mol. The number of para-hydroxylation sites is 2. The number of methoxy groups -OCH3 is 1. The molecule has 0 fully saturated rings. The number of rotatable bonds is 9. The maximum absolute atomic E-state index is 13.1. The van der Waals surface area contributed by atoms with E-state index in [1.54, 1.807) is 12.0 Å². The van der Waals surface area contributed by atoms with Crippen LogP contribution in [0, 0.1) is 18.3 Å². The van der Waals surface area contributed by atoms with Gasteiger partial charge in [0.05, 0.1) is 30.5 Å². The van der Waals surface area contributed by atoms with Gasteiger partial charge < -0.3 is 15.0 Å². The molecule has 1 heterocycles. The molecule has 1 aromatic heterocycles. The van der Waals surface area contributed by atoms with Gasteiger partial charge in [-0.1, -0.05) is 52.9 Å². The standard InChI is InChI=1S/C22H23N5O2S2/c1-15-9-11-17(12-10-15)27(14-6-13-23)20(28)16(2)30-22-26-25-21(31-22)24-18-7-4-5-8-19(18)29-3/h4-5,7-12,16H,6,14H2,1-3H3,(H,24,25). The minimum absolute atomic E-state index is 0.0708. The van der Waals surface area contributed by atoms with Crippen LogP contribution in [0.1, 0.15) is 18.9 Å². The second-order valence-corrected chi connectivity index (χ2v) is 9.26. The maximum atomic E-state index is 13.1. The summed E-state index contributed by atoms with van der Waals surface area (Å²) >= 11 is 2.72. The first-order chi connectivity index (χ1) is 15.0. The molecular formula is C22H23N5O2S2. The number of thioether (sulfide) groups is 1. The lowest BCUT2D eigenvalue weighted by Gasteiger charge is -2.24. The van der Waals surface area contributed by atoms with Gasteiger partial charge in [-0.25, -0.2) is 0 Å². The average Bonchev–Trinajstić information content (AvgIpc) is 3.22. The molecule has 0 aliphatic rings. The number of carbonyl (C=O) groups excluding carboxylic acids is 1. The highest BCUT2D eigenvalue weighted by Gasteiger charge is 2.24. The Bertz CT molecular complexity index is 1060. The van der Waals surface area contributed by atoms with Crippen LogP contribution in [-0.4, -0.2) is 35.0 Å². The van der Waals surface area contributed by atoms with Crippen LogP contribution in [0.3, 0.4) is 0 Å². The van der Waals surface area contributed by atoms with E-state index in [-0.39, 0.29) is 17.6 Å². The van der Waals surface area contributed by atoms with Crippen LogP contribution in [0.4, 0.5) is 16.5 Å². The monoisotopic (exact) mass is 453 g/mol. The molecule has 31 heavy (non-hydrogen) atoms. The second kappa shape index (κ2) is 10.8. The SMILES string of the molecule is COc1ccccc1Nc1nnc(SC(C)C(=O)N(CCC#N)c2ccc(C)cc2)s1. The van der Waals surface area contributed by atoms with E-state index in [0.29, 0.717) is 21.8 Å². The number of aryl methyl sites for hydroxylation is 1. The van der Waals surface area contributed by atoms with Crippen molar-refractivity contribution in [3.05, 3.63) is 54.1 Å². The Hall–Kier alpha value is -3.09. The van der Waals surface area contributed by atoms with Gasteiger partial charge in [0.25, 0.3) is 0 Å². The molecule has 0 aliphatic heterocycles. The summed E-state index contributed by atoms with van der Waals surface area (Å²) in [6.45, 7) is 4.19. The van der Waals surface area contributed by atoms with E-state index < -0.39 is 0 Å². The van der Waals surface area contributed by atoms with Gasteiger partial charge in [-0.3, -0.25) is 4.79 Å². The maximum Gasteiger partial charge on any atom is 0.240 e. The van der Waals surface area contributed by atoms with Crippen LogP contribution < -0.4 is 15.0 Å². The highest BCUT2D eigenvalue weighted by molar-refractivity contribution is 8.02. The van der Waals surface area contributed by atoms with Crippen molar-refractivity contribution in [3.63, 3.8) is 0 Å². The minimum Gasteiger partial charge on any atom is -0.495 e. The quantitative estimate of drug-likeness (QED) is 0.455. The number of ether oxygens (including phenoxy) is 1. The van der Waals surface area contributed by atoms with Crippen molar-refractivity contribution < 1.29 is 9.53 Å².